The van der Waals surface area contributed by atoms with Crippen LogP contribution in [0.25, 0.3) is 0 Å². The molecule has 4 heteroatoms. The molecule has 4 nitrogen and oxygen atoms in total. The number of hydrogen-bond donors (Lipinski definition) is 1. The van der Waals surface area contributed by atoms with E-state index in [2.05, 4.69) is 22.2 Å². The predicted octanol–water partition coefficient (Wildman–Crippen LogP) is 2.91. The Morgan fingerprint density at radius 3 is 2.74 bits per heavy atom. The molecule has 0 aliphatic heterocycles. The van der Waals surface area contributed by atoms with Gasteiger partial charge in [0, 0.05) is 11.4 Å². The molecular formula is C15H17N3O. The molecule has 1 amide bonds. The molecule has 1 heterocycles. The molecule has 0 aliphatic carbocycles. The zero-order valence-electron chi connectivity index (χ0n) is 11.4. The van der Waals surface area contributed by atoms with E-state index in [-0.39, 0.29) is 5.91 Å². The van der Waals surface area contributed by atoms with Crippen LogP contribution in [0.3, 0.4) is 0 Å². The predicted molar refractivity (Wildman–Crippen MR) is 75.3 cm³/mol. The number of nitrogens with zero attached hydrogens (tertiary/aromatic N) is 2. The highest BCUT2D eigenvalue weighted by atomic mass is 16.1. The molecule has 19 heavy (non-hydrogen) atoms. The van der Waals surface area contributed by atoms with Crippen LogP contribution in [0.4, 0.5) is 5.69 Å². The van der Waals surface area contributed by atoms with Crippen molar-refractivity contribution in [1.29, 1.82) is 0 Å². The summed E-state index contributed by atoms with van der Waals surface area (Å²) < 4.78 is 0. The zero-order valence-corrected chi connectivity index (χ0v) is 11.4. The average molecular weight is 255 g/mol. The van der Waals surface area contributed by atoms with Gasteiger partial charge in [-0.2, -0.15) is 0 Å². The van der Waals surface area contributed by atoms with Crippen LogP contribution in [0.2, 0.25) is 0 Å². The standard InChI is InChI=1S/C15H17N3O/c1-4-12-7-5-6-10(2)14(12)18-15(19)13-8-11(3)16-9-17-13/h5-9H,4H2,1-3H3,(H,18,19). The molecule has 0 fully saturated rings. The third-order valence-corrected chi connectivity index (χ3v) is 3.01. The van der Waals surface area contributed by atoms with Crippen LogP contribution in [0.15, 0.2) is 30.6 Å². The number of para-hydroxylation sites is 1. The summed E-state index contributed by atoms with van der Waals surface area (Å²) in [5, 5.41) is 2.94. The maximum atomic E-state index is 12.2. The maximum absolute atomic E-state index is 12.2. The molecule has 0 unspecified atom stereocenters. The fourth-order valence-electron chi connectivity index (χ4n) is 1.96. The summed E-state index contributed by atoms with van der Waals surface area (Å²) >= 11 is 0. The van der Waals surface area contributed by atoms with Crippen molar-refractivity contribution in [3.05, 3.63) is 53.1 Å². The second-order valence-electron chi connectivity index (χ2n) is 4.46. The van der Waals surface area contributed by atoms with Crippen LogP contribution in [0, 0.1) is 13.8 Å². The molecule has 2 rings (SSSR count). The Labute approximate surface area is 112 Å². The van der Waals surface area contributed by atoms with E-state index in [0.29, 0.717) is 5.69 Å². The van der Waals surface area contributed by atoms with E-state index < -0.39 is 0 Å². The van der Waals surface area contributed by atoms with Gasteiger partial charge in [0.25, 0.3) is 5.91 Å². The van der Waals surface area contributed by atoms with Crippen molar-refractivity contribution in [3.8, 4) is 0 Å². The molecule has 1 aromatic heterocycles. The highest BCUT2D eigenvalue weighted by molar-refractivity contribution is 6.03. The number of rotatable bonds is 3. The first-order valence-corrected chi connectivity index (χ1v) is 6.30. The fourth-order valence-corrected chi connectivity index (χ4v) is 1.96. The first-order valence-electron chi connectivity index (χ1n) is 6.30. The van der Waals surface area contributed by atoms with Gasteiger partial charge in [-0.05, 0) is 37.5 Å². The van der Waals surface area contributed by atoms with Crippen molar-refractivity contribution in [1.82, 2.24) is 9.97 Å². The van der Waals surface area contributed by atoms with Gasteiger partial charge < -0.3 is 5.32 Å². The maximum Gasteiger partial charge on any atom is 0.274 e. The smallest absolute Gasteiger partial charge is 0.274 e. The molecule has 0 bridgehead atoms. The quantitative estimate of drug-likeness (QED) is 0.917. The van der Waals surface area contributed by atoms with E-state index in [4.69, 9.17) is 0 Å². The van der Waals surface area contributed by atoms with Gasteiger partial charge >= 0.3 is 0 Å². The second kappa shape index (κ2) is 5.61. The van der Waals surface area contributed by atoms with Crippen LogP contribution in [-0.4, -0.2) is 15.9 Å². The first kappa shape index (κ1) is 13.2. The summed E-state index contributed by atoms with van der Waals surface area (Å²) in [6, 6.07) is 7.69. The highest BCUT2D eigenvalue weighted by Crippen LogP contribution is 2.21. The Kier molecular flexibility index (Phi) is 3.90. The average Bonchev–Trinajstić information content (AvgIpc) is 2.41. The molecule has 0 atom stereocenters. The number of benzene rings is 1. The monoisotopic (exact) mass is 255 g/mol. The molecule has 0 spiro atoms. The lowest BCUT2D eigenvalue weighted by Gasteiger charge is -2.12. The van der Waals surface area contributed by atoms with E-state index in [1.165, 1.54) is 6.33 Å². The number of carbonyl (C=O) groups excluding carboxylic acids is 1. The van der Waals surface area contributed by atoms with Gasteiger partial charge in [-0.25, -0.2) is 9.97 Å². The molecule has 0 radical (unpaired) electrons. The van der Waals surface area contributed by atoms with E-state index in [1.807, 2.05) is 32.0 Å². The summed E-state index contributed by atoms with van der Waals surface area (Å²) in [6.45, 7) is 5.89. The molecular weight excluding hydrogens is 238 g/mol. The lowest BCUT2D eigenvalue weighted by atomic mass is 10.1. The van der Waals surface area contributed by atoms with Crippen molar-refractivity contribution in [2.45, 2.75) is 27.2 Å². The number of carbonyl (C=O) groups is 1. The normalized spacial score (nSPS) is 10.3. The minimum Gasteiger partial charge on any atom is -0.320 e. The fraction of sp³-hybridized carbons (Fsp3) is 0.267. The van der Waals surface area contributed by atoms with Gasteiger partial charge in [0.1, 0.15) is 12.0 Å². The molecule has 0 aliphatic rings. The van der Waals surface area contributed by atoms with Crippen LogP contribution in [0.1, 0.15) is 34.2 Å². The third-order valence-electron chi connectivity index (χ3n) is 3.01. The van der Waals surface area contributed by atoms with Gasteiger partial charge in [-0.15, -0.1) is 0 Å². The minimum absolute atomic E-state index is 0.200. The number of anilines is 1. The van der Waals surface area contributed by atoms with Crippen molar-refractivity contribution in [2.75, 3.05) is 5.32 Å². The zero-order chi connectivity index (χ0) is 13.8. The summed E-state index contributed by atoms with van der Waals surface area (Å²) in [4.78, 5) is 20.2. The molecule has 2 aromatic rings. The van der Waals surface area contributed by atoms with Crippen molar-refractivity contribution < 1.29 is 4.79 Å². The molecule has 1 aromatic carbocycles. The van der Waals surface area contributed by atoms with E-state index in [0.717, 1.165) is 28.9 Å². The number of hydrogen-bond acceptors (Lipinski definition) is 3. The number of aromatic nitrogens is 2. The van der Waals surface area contributed by atoms with Crippen LogP contribution in [0.5, 0.6) is 0 Å². The summed E-state index contributed by atoms with van der Waals surface area (Å²) in [5.41, 5.74) is 4.22. The van der Waals surface area contributed by atoms with Crippen LogP contribution >= 0.6 is 0 Å². The highest BCUT2D eigenvalue weighted by Gasteiger charge is 2.11. The number of nitrogens with one attached hydrogen (secondary N) is 1. The summed E-state index contributed by atoms with van der Waals surface area (Å²) in [6.07, 6.45) is 2.28. The van der Waals surface area contributed by atoms with Gasteiger partial charge in [-0.3, -0.25) is 4.79 Å². The largest absolute Gasteiger partial charge is 0.320 e. The lowest BCUT2D eigenvalue weighted by Crippen LogP contribution is -2.16. The van der Waals surface area contributed by atoms with Crippen LogP contribution < -0.4 is 5.32 Å². The molecule has 0 saturated carbocycles. The van der Waals surface area contributed by atoms with Crippen LogP contribution in [-0.2, 0) is 6.42 Å². The Morgan fingerprint density at radius 2 is 2.05 bits per heavy atom. The van der Waals surface area contributed by atoms with Gasteiger partial charge in [0.15, 0.2) is 0 Å². The number of amides is 1. The van der Waals surface area contributed by atoms with E-state index in [9.17, 15) is 4.79 Å². The van der Waals surface area contributed by atoms with E-state index in [1.54, 1.807) is 6.07 Å². The van der Waals surface area contributed by atoms with Gasteiger partial charge in [-0.1, -0.05) is 25.1 Å². The van der Waals surface area contributed by atoms with Crippen molar-refractivity contribution in [2.24, 2.45) is 0 Å². The lowest BCUT2D eigenvalue weighted by molar-refractivity contribution is 0.102. The summed E-state index contributed by atoms with van der Waals surface area (Å²) in [5.74, 6) is -0.200. The SMILES string of the molecule is CCc1cccc(C)c1NC(=O)c1cc(C)ncn1. The van der Waals surface area contributed by atoms with Crippen molar-refractivity contribution >= 4 is 11.6 Å². The number of aryl methyl sites for hydroxylation is 3. The Balaban J connectivity index is 2.29. The van der Waals surface area contributed by atoms with Crippen molar-refractivity contribution in [3.63, 3.8) is 0 Å². The third kappa shape index (κ3) is 2.96. The summed E-state index contributed by atoms with van der Waals surface area (Å²) in [7, 11) is 0. The van der Waals surface area contributed by atoms with E-state index >= 15 is 0 Å². The second-order valence-corrected chi connectivity index (χ2v) is 4.46. The molecule has 1 N–H and O–H groups in total. The minimum atomic E-state index is -0.200. The molecule has 0 saturated heterocycles. The first-order chi connectivity index (χ1) is 9.11. The topological polar surface area (TPSA) is 54.9 Å². The van der Waals surface area contributed by atoms with Gasteiger partial charge in [0.05, 0.1) is 0 Å². The van der Waals surface area contributed by atoms with Gasteiger partial charge in [0.2, 0.25) is 0 Å². The molecule has 98 valence electrons. The Bertz CT molecular complexity index is 608. The Hall–Kier alpha value is -2.23. The Morgan fingerprint density at radius 1 is 1.26 bits per heavy atom.